The first kappa shape index (κ1) is 25.6. The van der Waals surface area contributed by atoms with Crippen LogP contribution in [-0.2, 0) is 6.54 Å². The van der Waals surface area contributed by atoms with E-state index in [1.54, 1.807) is 9.58 Å². The molecule has 1 amide bonds. The molecule has 4 N–H and O–H groups in total. The van der Waals surface area contributed by atoms with Crippen molar-refractivity contribution in [2.75, 3.05) is 22.2 Å². The highest BCUT2D eigenvalue weighted by Crippen LogP contribution is 2.33. The molecule has 206 valence electrons. The fourth-order valence-corrected chi connectivity index (χ4v) is 5.20. The van der Waals surface area contributed by atoms with Gasteiger partial charge in [-0.05, 0) is 43.7 Å². The summed E-state index contributed by atoms with van der Waals surface area (Å²) in [5, 5.41) is 18.8. The Labute approximate surface area is 231 Å². The Bertz CT molecular complexity index is 1670. The minimum absolute atomic E-state index is 0.0663. The van der Waals surface area contributed by atoms with Crippen LogP contribution in [0.15, 0.2) is 67.4 Å². The van der Waals surface area contributed by atoms with Crippen molar-refractivity contribution < 1.29 is 9.90 Å². The fraction of sp³-hybridized carbons (Fsp3) is 0.310. The number of aliphatic hydroxyl groups excluding tert-OH is 1. The molecule has 4 aromatic heterocycles. The number of para-hydroxylation sites is 1. The van der Waals surface area contributed by atoms with Crippen LogP contribution < -0.4 is 15.6 Å². The third-order valence-corrected chi connectivity index (χ3v) is 7.34. The number of nitrogens with zero attached hydrogens (tertiary/aromatic N) is 6. The second-order valence-electron chi connectivity index (χ2n) is 11.1. The van der Waals surface area contributed by atoms with Crippen LogP contribution in [0.4, 0.5) is 11.5 Å². The lowest BCUT2D eigenvalue weighted by Crippen LogP contribution is -2.59. The lowest BCUT2D eigenvalue weighted by atomic mass is 9.95. The van der Waals surface area contributed by atoms with Crippen LogP contribution in [0.2, 0.25) is 0 Å². The number of aromatic nitrogens is 6. The Hall–Kier alpha value is -4.64. The van der Waals surface area contributed by atoms with Crippen LogP contribution in [0, 0.1) is 12.3 Å². The molecule has 5 aromatic rings. The number of hydrogen-bond donors (Lipinski definition) is 4. The number of carbonyl (C=O) groups excluding carboxylic acids is 1. The van der Waals surface area contributed by atoms with Crippen molar-refractivity contribution in [1.29, 1.82) is 0 Å². The molecular weight excluding hydrogens is 506 g/mol. The molecule has 6 rings (SSSR count). The van der Waals surface area contributed by atoms with Gasteiger partial charge >= 0.3 is 0 Å². The largest absolute Gasteiger partial charge is 0.396 e. The van der Waals surface area contributed by atoms with Gasteiger partial charge in [0, 0.05) is 48.4 Å². The van der Waals surface area contributed by atoms with E-state index in [2.05, 4.69) is 25.7 Å². The number of fused-ring (bicyclic) bond motifs is 2. The average Bonchev–Trinajstić information content (AvgIpc) is 3.68. The molecule has 11 heteroatoms. The molecule has 0 radical (unpaired) electrons. The van der Waals surface area contributed by atoms with Gasteiger partial charge in [-0.3, -0.25) is 19.1 Å². The summed E-state index contributed by atoms with van der Waals surface area (Å²) in [5.74, 6) is 0.563. The van der Waals surface area contributed by atoms with Crippen molar-refractivity contribution in [2.45, 2.75) is 46.4 Å². The van der Waals surface area contributed by atoms with E-state index in [4.69, 9.17) is 5.10 Å². The maximum absolute atomic E-state index is 13.8. The average molecular weight is 540 g/mol. The minimum Gasteiger partial charge on any atom is -0.396 e. The van der Waals surface area contributed by atoms with E-state index in [0.29, 0.717) is 23.7 Å². The van der Waals surface area contributed by atoms with Crippen molar-refractivity contribution in [3.8, 4) is 11.3 Å². The summed E-state index contributed by atoms with van der Waals surface area (Å²) in [6.45, 7) is 8.61. The van der Waals surface area contributed by atoms with Crippen LogP contribution in [-0.4, -0.2) is 59.2 Å². The second-order valence-corrected chi connectivity index (χ2v) is 11.1. The molecule has 5 heterocycles. The molecule has 2 atom stereocenters. The first-order chi connectivity index (χ1) is 19.3. The van der Waals surface area contributed by atoms with Crippen molar-refractivity contribution >= 4 is 28.4 Å². The molecule has 0 bridgehead atoms. The third-order valence-electron chi connectivity index (χ3n) is 7.34. The number of rotatable bonds is 8. The molecule has 0 aliphatic carbocycles. The molecule has 0 saturated heterocycles. The highest BCUT2D eigenvalue weighted by Gasteiger charge is 2.37. The molecule has 1 aliphatic heterocycles. The molecule has 1 aromatic carbocycles. The summed E-state index contributed by atoms with van der Waals surface area (Å²) in [6.07, 6.45) is 6.78. The fourth-order valence-electron chi connectivity index (χ4n) is 5.20. The van der Waals surface area contributed by atoms with E-state index in [1.165, 1.54) is 6.33 Å². The van der Waals surface area contributed by atoms with E-state index >= 15 is 0 Å². The Morgan fingerprint density at radius 2 is 1.93 bits per heavy atom. The van der Waals surface area contributed by atoms with Gasteiger partial charge in [0.1, 0.15) is 29.7 Å². The number of anilines is 2. The highest BCUT2D eigenvalue weighted by molar-refractivity contribution is 6.08. The van der Waals surface area contributed by atoms with Crippen LogP contribution in [0.5, 0.6) is 0 Å². The zero-order valence-corrected chi connectivity index (χ0v) is 23.0. The highest BCUT2D eigenvalue weighted by atomic mass is 16.3. The molecule has 1 unspecified atom stereocenters. The Morgan fingerprint density at radius 1 is 1.12 bits per heavy atom. The van der Waals surface area contributed by atoms with Gasteiger partial charge in [0.25, 0.3) is 5.91 Å². The predicted octanol–water partition coefficient (Wildman–Crippen LogP) is 3.98. The number of aromatic amines is 1. The number of aryl methyl sites for hydroxylation is 1. The molecule has 40 heavy (non-hydrogen) atoms. The lowest BCUT2D eigenvalue weighted by Gasteiger charge is -2.41. The number of carbonyl (C=O) groups is 1. The van der Waals surface area contributed by atoms with Gasteiger partial charge in [0.15, 0.2) is 0 Å². The molecule has 0 spiro atoms. The standard InChI is InChI=1S/C29H33N9O2/c1-18-10-13-37-24(18)28(40)38(20-8-6-5-7-9-20)27(35-37)19(2)33-26-23-21(14-30-25(23)31-17-32-26)22-11-12-36(34-22)15-29(3,4)16-39/h5-14,17,19,27,35,39H,15-16H2,1-4H3,(H2,30,31,32,33)/t19-,27?/m0/s1. The van der Waals surface area contributed by atoms with Crippen LogP contribution in [0.3, 0.4) is 0 Å². The maximum atomic E-state index is 13.8. The Balaban J connectivity index is 1.35. The van der Waals surface area contributed by atoms with Crippen molar-refractivity contribution in [1.82, 2.24) is 29.4 Å². The molecular formula is C29H33N9O2. The Kier molecular flexibility index (Phi) is 6.30. The van der Waals surface area contributed by atoms with E-state index in [9.17, 15) is 9.90 Å². The zero-order valence-electron chi connectivity index (χ0n) is 23.0. The number of H-pyrrole nitrogens is 1. The number of hydrogen-bond acceptors (Lipinski definition) is 7. The third kappa shape index (κ3) is 4.47. The van der Waals surface area contributed by atoms with Crippen molar-refractivity contribution in [3.63, 3.8) is 0 Å². The van der Waals surface area contributed by atoms with Crippen LogP contribution >= 0.6 is 0 Å². The number of benzene rings is 1. The second kappa shape index (κ2) is 9.83. The van der Waals surface area contributed by atoms with Gasteiger partial charge in [-0.25, -0.2) is 9.97 Å². The van der Waals surface area contributed by atoms with E-state index in [-0.39, 0.29) is 24.0 Å². The Morgan fingerprint density at radius 3 is 2.70 bits per heavy atom. The minimum atomic E-state index is -0.415. The monoisotopic (exact) mass is 539 g/mol. The van der Waals surface area contributed by atoms with Gasteiger partial charge in [-0.15, -0.1) is 0 Å². The first-order valence-electron chi connectivity index (χ1n) is 13.3. The number of amides is 1. The van der Waals surface area contributed by atoms with Crippen LogP contribution in [0.25, 0.3) is 22.3 Å². The smallest absolute Gasteiger partial charge is 0.278 e. The summed E-state index contributed by atoms with van der Waals surface area (Å²) in [5.41, 5.74) is 7.86. The molecule has 11 nitrogen and oxygen atoms in total. The van der Waals surface area contributed by atoms with Gasteiger partial charge in [0.2, 0.25) is 0 Å². The van der Waals surface area contributed by atoms with Gasteiger partial charge in [0.05, 0.1) is 17.1 Å². The van der Waals surface area contributed by atoms with Crippen LogP contribution in [0.1, 0.15) is 36.8 Å². The van der Waals surface area contributed by atoms with Gasteiger partial charge in [-0.1, -0.05) is 32.0 Å². The summed E-state index contributed by atoms with van der Waals surface area (Å²) >= 11 is 0. The topological polar surface area (TPSA) is 129 Å². The quantitative estimate of drug-likeness (QED) is 0.235. The van der Waals surface area contributed by atoms with Gasteiger partial charge in [-0.2, -0.15) is 5.10 Å². The van der Waals surface area contributed by atoms with E-state index < -0.39 is 6.17 Å². The van der Waals surface area contributed by atoms with E-state index in [1.807, 2.05) is 93.4 Å². The van der Waals surface area contributed by atoms with Crippen molar-refractivity contribution in [3.05, 3.63) is 78.6 Å². The molecule has 0 saturated carbocycles. The summed E-state index contributed by atoms with van der Waals surface area (Å²) < 4.78 is 3.65. The summed E-state index contributed by atoms with van der Waals surface area (Å²) in [6, 6.07) is 13.3. The lowest BCUT2D eigenvalue weighted by molar-refractivity contribution is 0.0954. The number of aliphatic hydroxyl groups is 1. The predicted molar refractivity (Wildman–Crippen MR) is 155 cm³/mol. The number of nitrogens with one attached hydrogen (secondary N) is 3. The van der Waals surface area contributed by atoms with Gasteiger partial charge < -0.3 is 20.8 Å². The zero-order chi connectivity index (χ0) is 28.0. The normalized spacial score (nSPS) is 16.2. The van der Waals surface area contributed by atoms with E-state index in [0.717, 1.165) is 27.9 Å². The summed E-state index contributed by atoms with van der Waals surface area (Å²) in [7, 11) is 0. The molecule has 1 aliphatic rings. The SMILES string of the molecule is Cc1ccn2c1C(=O)N(c1ccccc1)C([C@H](C)Nc1ncnc3[nH]cc(-c4ccn(CC(C)(C)CO)n4)c13)N2. The van der Waals surface area contributed by atoms with Crippen molar-refractivity contribution in [2.24, 2.45) is 5.41 Å². The maximum Gasteiger partial charge on any atom is 0.278 e. The summed E-state index contributed by atoms with van der Waals surface area (Å²) in [4.78, 5) is 27.8. The molecule has 0 fully saturated rings. The first-order valence-corrected chi connectivity index (χ1v) is 13.3.